The standard InChI is InChI=1S/C46H47N3O8S2/c1-6-38(44(52)49-45-40(46(53)57-7-2)34-22-21-31(26-39(34)59-45)29-15-10-8-11-16-29)58-33-20-14-19-32(27-33)47-43(51)35(48-42(50)30-17-12-9-13-18-30)23-28-24-36(54-3)41(56-5)37(25-28)55-4/h8-20,23-25,27,31,38H,6-7,21-22,26H2,1-5H3,(H,47,51)(H,48,50)(H,49,52)/b35-23+. The number of esters is 1. The van der Waals surface area contributed by atoms with Crippen LogP contribution in [0, 0.1) is 0 Å². The maximum absolute atomic E-state index is 13.9. The van der Waals surface area contributed by atoms with Crippen LogP contribution in [0.3, 0.4) is 0 Å². The Bertz CT molecular complexity index is 2300. The summed E-state index contributed by atoms with van der Waals surface area (Å²) < 4.78 is 21.9. The van der Waals surface area contributed by atoms with E-state index in [4.69, 9.17) is 18.9 Å². The van der Waals surface area contributed by atoms with Crippen molar-refractivity contribution in [3.05, 3.63) is 135 Å². The lowest BCUT2D eigenvalue weighted by molar-refractivity contribution is -0.116. The Hall–Kier alpha value is -6.05. The highest BCUT2D eigenvalue weighted by Gasteiger charge is 2.32. The first kappa shape index (κ1) is 42.6. The van der Waals surface area contributed by atoms with E-state index in [1.807, 2.05) is 31.2 Å². The van der Waals surface area contributed by atoms with Gasteiger partial charge >= 0.3 is 5.97 Å². The molecule has 3 amide bonds. The van der Waals surface area contributed by atoms with Gasteiger partial charge in [-0.25, -0.2) is 4.79 Å². The fourth-order valence-electron chi connectivity index (χ4n) is 6.92. The zero-order valence-corrected chi connectivity index (χ0v) is 35.2. The van der Waals surface area contributed by atoms with Crippen LogP contribution in [0.25, 0.3) is 6.08 Å². The van der Waals surface area contributed by atoms with Gasteiger partial charge in [-0.2, -0.15) is 0 Å². The average molecular weight is 834 g/mol. The molecule has 2 atom stereocenters. The number of hydrogen-bond acceptors (Lipinski definition) is 10. The zero-order valence-electron chi connectivity index (χ0n) is 33.6. The maximum atomic E-state index is 13.9. The van der Waals surface area contributed by atoms with Crippen molar-refractivity contribution >= 4 is 63.6 Å². The van der Waals surface area contributed by atoms with Gasteiger partial charge in [0.15, 0.2) is 11.5 Å². The van der Waals surface area contributed by atoms with Crippen molar-refractivity contribution in [3.8, 4) is 17.2 Å². The second kappa shape index (κ2) is 20.1. The van der Waals surface area contributed by atoms with Crippen LogP contribution in [0.15, 0.2) is 108 Å². The molecule has 306 valence electrons. The van der Waals surface area contributed by atoms with Crippen molar-refractivity contribution in [2.24, 2.45) is 0 Å². The number of hydrogen-bond donors (Lipinski definition) is 3. The first-order chi connectivity index (χ1) is 28.7. The van der Waals surface area contributed by atoms with E-state index in [0.717, 1.165) is 34.6 Å². The first-order valence-corrected chi connectivity index (χ1v) is 21.0. The number of thioether (sulfide) groups is 1. The second-order valence-electron chi connectivity index (χ2n) is 13.6. The van der Waals surface area contributed by atoms with Crippen molar-refractivity contribution in [2.75, 3.05) is 38.6 Å². The quantitative estimate of drug-likeness (QED) is 0.0504. The Balaban J connectivity index is 1.21. The van der Waals surface area contributed by atoms with Crippen LogP contribution in [0.2, 0.25) is 0 Å². The molecule has 0 radical (unpaired) electrons. The molecule has 0 bridgehead atoms. The smallest absolute Gasteiger partial charge is 0.341 e. The maximum Gasteiger partial charge on any atom is 0.341 e. The number of ether oxygens (including phenoxy) is 4. The molecule has 4 aromatic carbocycles. The van der Waals surface area contributed by atoms with Crippen molar-refractivity contribution in [3.63, 3.8) is 0 Å². The lowest BCUT2D eigenvalue weighted by Crippen LogP contribution is -2.30. The van der Waals surface area contributed by atoms with Gasteiger partial charge in [0.05, 0.1) is 38.7 Å². The fourth-order valence-corrected chi connectivity index (χ4v) is 9.25. The van der Waals surface area contributed by atoms with Crippen LogP contribution in [0.4, 0.5) is 10.7 Å². The molecule has 5 aromatic rings. The molecule has 1 aliphatic rings. The summed E-state index contributed by atoms with van der Waals surface area (Å²) in [5.41, 5.74) is 3.95. The van der Waals surface area contributed by atoms with Crippen LogP contribution in [-0.4, -0.2) is 56.9 Å². The van der Waals surface area contributed by atoms with E-state index < -0.39 is 23.0 Å². The number of fused-ring (bicyclic) bond motifs is 1. The molecule has 0 spiro atoms. The molecule has 1 aliphatic carbocycles. The lowest BCUT2D eigenvalue weighted by atomic mass is 9.83. The van der Waals surface area contributed by atoms with Gasteiger partial charge in [-0.1, -0.05) is 61.5 Å². The molecule has 13 heteroatoms. The average Bonchev–Trinajstić information content (AvgIpc) is 3.62. The van der Waals surface area contributed by atoms with E-state index in [9.17, 15) is 19.2 Å². The molecule has 3 N–H and O–H groups in total. The minimum atomic E-state index is -0.586. The summed E-state index contributed by atoms with van der Waals surface area (Å²) in [6, 6.07) is 29.4. The highest BCUT2D eigenvalue weighted by molar-refractivity contribution is 8.00. The van der Waals surface area contributed by atoms with Crippen LogP contribution < -0.4 is 30.2 Å². The molecule has 11 nitrogen and oxygen atoms in total. The summed E-state index contributed by atoms with van der Waals surface area (Å²) in [6.45, 7) is 3.93. The van der Waals surface area contributed by atoms with E-state index in [2.05, 4.69) is 28.1 Å². The predicted molar refractivity (Wildman–Crippen MR) is 233 cm³/mol. The van der Waals surface area contributed by atoms with Crippen LogP contribution in [-0.2, 0) is 27.2 Å². The van der Waals surface area contributed by atoms with Crippen molar-refractivity contribution < 1.29 is 38.1 Å². The molecule has 1 heterocycles. The highest BCUT2D eigenvalue weighted by atomic mass is 32.2. The summed E-state index contributed by atoms with van der Waals surface area (Å²) in [6.07, 6.45) is 4.42. The number of rotatable bonds is 16. The van der Waals surface area contributed by atoms with Crippen LogP contribution >= 0.6 is 23.1 Å². The summed E-state index contributed by atoms with van der Waals surface area (Å²) in [7, 11) is 4.48. The molecule has 0 aliphatic heterocycles. The Morgan fingerprint density at radius 3 is 2.19 bits per heavy atom. The number of carbonyl (C=O) groups excluding carboxylic acids is 4. The third-order valence-corrected chi connectivity index (χ3v) is 12.3. The number of anilines is 2. The van der Waals surface area contributed by atoms with Crippen molar-refractivity contribution in [1.82, 2.24) is 5.32 Å². The van der Waals surface area contributed by atoms with Gasteiger partial charge in [0.2, 0.25) is 11.7 Å². The Labute approximate surface area is 352 Å². The van der Waals surface area contributed by atoms with Gasteiger partial charge in [-0.15, -0.1) is 23.1 Å². The van der Waals surface area contributed by atoms with Gasteiger partial charge in [-0.3, -0.25) is 14.4 Å². The van der Waals surface area contributed by atoms with Gasteiger partial charge in [0, 0.05) is 21.0 Å². The minimum Gasteiger partial charge on any atom is -0.493 e. The molecule has 0 fully saturated rings. The molecular weight excluding hydrogens is 787 g/mol. The van der Waals surface area contributed by atoms with Crippen molar-refractivity contribution in [1.29, 1.82) is 0 Å². The summed E-state index contributed by atoms with van der Waals surface area (Å²) in [5.74, 6) is -0.277. The summed E-state index contributed by atoms with van der Waals surface area (Å²) in [5, 5.41) is 8.73. The Morgan fingerprint density at radius 1 is 0.847 bits per heavy atom. The third-order valence-electron chi connectivity index (χ3n) is 9.81. The van der Waals surface area contributed by atoms with Gasteiger partial charge in [0.1, 0.15) is 10.7 Å². The number of amides is 3. The lowest BCUT2D eigenvalue weighted by Gasteiger charge is -2.23. The topological polar surface area (TPSA) is 141 Å². The number of benzene rings is 4. The minimum absolute atomic E-state index is 0.0388. The highest BCUT2D eigenvalue weighted by Crippen LogP contribution is 2.43. The Morgan fingerprint density at radius 2 is 1.54 bits per heavy atom. The summed E-state index contributed by atoms with van der Waals surface area (Å²) >= 11 is 2.80. The summed E-state index contributed by atoms with van der Waals surface area (Å²) in [4.78, 5) is 56.3. The monoisotopic (exact) mass is 833 g/mol. The van der Waals surface area contributed by atoms with Gasteiger partial charge in [-0.05, 0) is 104 Å². The molecule has 2 unspecified atom stereocenters. The Kier molecular flexibility index (Phi) is 14.5. The van der Waals surface area contributed by atoms with E-state index in [-0.39, 0.29) is 18.2 Å². The molecule has 0 saturated carbocycles. The predicted octanol–water partition coefficient (Wildman–Crippen LogP) is 9.14. The largest absolute Gasteiger partial charge is 0.493 e. The number of carbonyl (C=O) groups is 4. The number of thiophene rings is 1. The molecule has 1 aromatic heterocycles. The zero-order chi connectivity index (χ0) is 41.9. The van der Waals surface area contributed by atoms with Crippen LogP contribution in [0.1, 0.15) is 74.9 Å². The molecule has 0 saturated heterocycles. The van der Waals surface area contributed by atoms with E-state index in [1.54, 1.807) is 67.6 Å². The van der Waals surface area contributed by atoms with Crippen molar-refractivity contribution in [2.45, 2.75) is 55.6 Å². The van der Waals surface area contributed by atoms with E-state index in [0.29, 0.717) is 57.0 Å². The second-order valence-corrected chi connectivity index (χ2v) is 16.0. The van der Waals surface area contributed by atoms with Gasteiger partial charge in [0.25, 0.3) is 11.8 Å². The fraction of sp³-hybridized carbons (Fsp3) is 0.261. The van der Waals surface area contributed by atoms with E-state index in [1.165, 1.54) is 56.1 Å². The van der Waals surface area contributed by atoms with Crippen LogP contribution in [0.5, 0.6) is 17.2 Å². The van der Waals surface area contributed by atoms with E-state index >= 15 is 0 Å². The normalized spacial score (nSPS) is 14.0. The van der Waals surface area contributed by atoms with Gasteiger partial charge < -0.3 is 34.9 Å². The molecule has 59 heavy (non-hydrogen) atoms. The SMILES string of the molecule is CCOC(=O)c1c(NC(=O)C(CC)Sc2cccc(NC(=O)/C(=C\c3cc(OC)c(OC)c(OC)c3)NC(=O)c3ccccc3)c2)sc2c1CCC(c1ccccc1)C2. The molecule has 6 rings (SSSR count). The number of nitrogens with one attached hydrogen (secondary N) is 3. The number of methoxy groups -OCH3 is 3. The molecular formula is C46H47N3O8S2. The first-order valence-electron chi connectivity index (χ1n) is 19.3. The third kappa shape index (κ3) is 10.3.